The highest BCUT2D eigenvalue weighted by Gasteiger charge is 2.05. The number of aliphatic imine (C=N–C) groups is 1. The van der Waals surface area contributed by atoms with Gasteiger partial charge in [0.05, 0.1) is 6.54 Å². The Morgan fingerprint density at radius 2 is 2.04 bits per heavy atom. The summed E-state index contributed by atoms with van der Waals surface area (Å²) in [5.41, 5.74) is 0. The lowest BCUT2D eigenvalue weighted by atomic mass is 10.3. The van der Waals surface area contributed by atoms with Gasteiger partial charge in [0.15, 0.2) is 11.8 Å². The SMILES string of the molecule is CCNC(=NCC(C)Sc1ccccc1)NCCCc1nc(C)no1.I. The summed E-state index contributed by atoms with van der Waals surface area (Å²) in [5.74, 6) is 2.22. The van der Waals surface area contributed by atoms with E-state index in [2.05, 4.69) is 63.9 Å². The number of halogens is 1. The number of guanidine groups is 1. The van der Waals surface area contributed by atoms with E-state index in [0.29, 0.717) is 17.0 Å². The first kappa shape index (κ1) is 22.8. The van der Waals surface area contributed by atoms with Crippen LogP contribution in [0.1, 0.15) is 32.0 Å². The van der Waals surface area contributed by atoms with Gasteiger partial charge in [0.2, 0.25) is 5.89 Å². The Morgan fingerprint density at radius 3 is 2.69 bits per heavy atom. The second-order valence-corrected chi connectivity index (χ2v) is 7.24. The standard InChI is InChI=1S/C18H27N5OS.HI/c1-4-19-18(20-12-8-11-17-22-15(3)23-24-17)21-13-14(2)25-16-9-6-5-7-10-16;/h5-7,9-10,14H,4,8,11-13H2,1-3H3,(H2,19,20,21);1H. The van der Waals surface area contributed by atoms with E-state index in [-0.39, 0.29) is 24.0 Å². The maximum atomic E-state index is 5.12. The molecule has 144 valence electrons. The normalized spacial score (nSPS) is 12.3. The molecule has 0 radical (unpaired) electrons. The van der Waals surface area contributed by atoms with E-state index in [9.17, 15) is 0 Å². The maximum absolute atomic E-state index is 5.12. The number of hydrogen-bond donors (Lipinski definition) is 2. The number of nitrogens with zero attached hydrogens (tertiary/aromatic N) is 3. The lowest BCUT2D eigenvalue weighted by Gasteiger charge is -2.13. The van der Waals surface area contributed by atoms with Gasteiger partial charge in [-0.05, 0) is 32.4 Å². The molecular formula is C18H28IN5OS. The zero-order valence-corrected chi connectivity index (χ0v) is 18.7. The van der Waals surface area contributed by atoms with Crippen LogP contribution in [0.5, 0.6) is 0 Å². The molecule has 1 heterocycles. The van der Waals surface area contributed by atoms with Gasteiger partial charge in [-0.2, -0.15) is 4.98 Å². The molecule has 0 aliphatic rings. The van der Waals surface area contributed by atoms with E-state index in [1.807, 2.05) is 24.8 Å². The number of aromatic nitrogens is 2. The van der Waals surface area contributed by atoms with Crippen LogP contribution in [-0.4, -0.2) is 41.0 Å². The highest BCUT2D eigenvalue weighted by molar-refractivity contribution is 14.0. The molecule has 0 amide bonds. The molecule has 26 heavy (non-hydrogen) atoms. The van der Waals surface area contributed by atoms with Crippen LogP contribution in [0.25, 0.3) is 0 Å². The summed E-state index contributed by atoms with van der Waals surface area (Å²) in [4.78, 5) is 10.2. The Hall–Kier alpha value is -1.29. The topological polar surface area (TPSA) is 75.3 Å². The fraction of sp³-hybridized carbons (Fsp3) is 0.500. The third-order valence-corrected chi connectivity index (χ3v) is 4.46. The van der Waals surface area contributed by atoms with Gasteiger partial charge in [0.1, 0.15) is 0 Å². The summed E-state index contributed by atoms with van der Waals surface area (Å²) in [6.07, 6.45) is 1.69. The van der Waals surface area contributed by atoms with Crippen molar-refractivity contribution in [2.45, 2.75) is 43.8 Å². The van der Waals surface area contributed by atoms with Crippen LogP contribution in [0.4, 0.5) is 0 Å². The van der Waals surface area contributed by atoms with Crippen molar-refractivity contribution in [2.75, 3.05) is 19.6 Å². The van der Waals surface area contributed by atoms with Gasteiger partial charge in [-0.25, -0.2) is 0 Å². The lowest BCUT2D eigenvalue weighted by molar-refractivity contribution is 0.372. The second-order valence-electron chi connectivity index (χ2n) is 5.73. The van der Waals surface area contributed by atoms with Crippen LogP contribution in [0.15, 0.2) is 44.7 Å². The van der Waals surface area contributed by atoms with Crippen molar-refractivity contribution in [3.8, 4) is 0 Å². The van der Waals surface area contributed by atoms with Gasteiger partial charge in [-0.3, -0.25) is 4.99 Å². The van der Waals surface area contributed by atoms with Crippen molar-refractivity contribution in [3.05, 3.63) is 42.0 Å². The quantitative estimate of drug-likeness (QED) is 0.184. The number of nitrogens with one attached hydrogen (secondary N) is 2. The third-order valence-electron chi connectivity index (χ3n) is 3.36. The summed E-state index contributed by atoms with van der Waals surface area (Å²) in [6, 6.07) is 10.4. The van der Waals surface area contributed by atoms with Crippen LogP contribution >= 0.6 is 35.7 Å². The molecule has 0 aliphatic carbocycles. The van der Waals surface area contributed by atoms with Gasteiger partial charge in [-0.1, -0.05) is 30.3 Å². The Labute approximate surface area is 177 Å². The van der Waals surface area contributed by atoms with Gasteiger partial charge in [0, 0.05) is 29.7 Å². The molecule has 0 saturated heterocycles. The predicted molar refractivity (Wildman–Crippen MR) is 119 cm³/mol. The van der Waals surface area contributed by atoms with Crippen molar-refractivity contribution >= 4 is 41.7 Å². The van der Waals surface area contributed by atoms with Gasteiger partial charge in [0.25, 0.3) is 0 Å². The third kappa shape index (κ3) is 8.88. The van der Waals surface area contributed by atoms with Gasteiger partial charge < -0.3 is 15.2 Å². The molecule has 0 aliphatic heterocycles. The summed E-state index contributed by atoms with van der Waals surface area (Å²) in [7, 11) is 0. The smallest absolute Gasteiger partial charge is 0.226 e. The minimum atomic E-state index is 0. The molecule has 1 atom stereocenters. The van der Waals surface area contributed by atoms with Crippen molar-refractivity contribution in [1.29, 1.82) is 0 Å². The largest absolute Gasteiger partial charge is 0.357 e. The number of aryl methyl sites for hydroxylation is 2. The predicted octanol–water partition coefficient (Wildman–Crippen LogP) is 3.66. The van der Waals surface area contributed by atoms with Crippen LogP contribution in [0.3, 0.4) is 0 Å². The fourth-order valence-corrected chi connectivity index (χ4v) is 3.15. The van der Waals surface area contributed by atoms with E-state index in [4.69, 9.17) is 4.52 Å². The van der Waals surface area contributed by atoms with Gasteiger partial charge >= 0.3 is 0 Å². The van der Waals surface area contributed by atoms with Crippen molar-refractivity contribution < 1.29 is 4.52 Å². The zero-order valence-electron chi connectivity index (χ0n) is 15.6. The molecule has 0 saturated carbocycles. The molecule has 1 aromatic heterocycles. The fourth-order valence-electron chi connectivity index (χ4n) is 2.22. The summed E-state index contributed by atoms with van der Waals surface area (Å²) in [6.45, 7) is 8.51. The monoisotopic (exact) mass is 489 g/mol. The van der Waals surface area contributed by atoms with E-state index >= 15 is 0 Å². The zero-order chi connectivity index (χ0) is 17.9. The van der Waals surface area contributed by atoms with Gasteiger partial charge in [-0.15, -0.1) is 35.7 Å². The van der Waals surface area contributed by atoms with Crippen LogP contribution in [-0.2, 0) is 6.42 Å². The highest BCUT2D eigenvalue weighted by atomic mass is 127. The van der Waals surface area contributed by atoms with Crippen molar-refractivity contribution in [3.63, 3.8) is 0 Å². The number of thioether (sulfide) groups is 1. The number of hydrogen-bond acceptors (Lipinski definition) is 5. The molecule has 1 unspecified atom stereocenters. The van der Waals surface area contributed by atoms with E-state index in [1.165, 1.54) is 4.90 Å². The Bertz CT molecular complexity index is 650. The average Bonchev–Trinajstić information content (AvgIpc) is 3.02. The van der Waals surface area contributed by atoms with Crippen LogP contribution in [0.2, 0.25) is 0 Å². The maximum Gasteiger partial charge on any atom is 0.226 e. The number of rotatable bonds is 9. The van der Waals surface area contributed by atoms with E-state index < -0.39 is 0 Å². The molecule has 0 spiro atoms. The van der Waals surface area contributed by atoms with E-state index in [0.717, 1.165) is 38.4 Å². The molecule has 6 nitrogen and oxygen atoms in total. The second kappa shape index (κ2) is 13.0. The molecule has 2 N–H and O–H groups in total. The average molecular weight is 489 g/mol. The summed E-state index contributed by atoms with van der Waals surface area (Å²) in [5, 5.41) is 10.9. The van der Waals surface area contributed by atoms with Crippen molar-refractivity contribution in [2.24, 2.45) is 4.99 Å². The molecule has 0 fully saturated rings. The molecule has 1 aromatic carbocycles. The molecule has 2 rings (SSSR count). The minimum absolute atomic E-state index is 0. The molecule has 2 aromatic rings. The number of benzene rings is 1. The first-order chi connectivity index (χ1) is 12.2. The summed E-state index contributed by atoms with van der Waals surface area (Å²) < 4.78 is 5.12. The van der Waals surface area contributed by atoms with Crippen LogP contribution in [0, 0.1) is 6.92 Å². The van der Waals surface area contributed by atoms with Crippen LogP contribution < -0.4 is 10.6 Å². The highest BCUT2D eigenvalue weighted by Crippen LogP contribution is 2.22. The first-order valence-corrected chi connectivity index (χ1v) is 9.58. The molecule has 0 bridgehead atoms. The Balaban J connectivity index is 0.00000338. The lowest BCUT2D eigenvalue weighted by Crippen LogP contribution is -2.38. The minimum Gasteiger partial charge on any atom is -0.357 e. The Morgan fingerprint density at radius 1 is 1.27 bits per heavy atom. The first-order valence-electron chi connectivity index (χ1n) is 8.70. The molecule has 8 heteroatoms. The Kier molecular flexibility index (Phi) is 11.3. The van der Waals surface area contributed by atoms with E-state index in [1.54, 1.807) is 0 Å². The molecular weight excluding hydrogens is 461 g/mol. The summed E-state index contributed by atoms with van der Waals surface area (Å²) >= 11 is 1.84. The van der Waals surface area contributed by atoms with Crippen molar-refractivity contribution in [1.82, 2.24) is 20.8 Å².